The maximum absolute atomic E-state index is 11.7. The fourth-order valence-electron chi connectivity index (χ4n) is 2.65. The molecule has 1 saturated carbocycles. The lowest BCUT2D eigenvalue weighted by Crippen LogP contribution is -2.19. The van der Waals surface area contributed by atoms with E-state index in [-0.39, 0.29) is 18.3 Å². The first-order valence-electron chi connectivity index (χ1n) is 7.19. The number of aryl methyl sites for hydroxylation is 1. The molecule has 6 heteroatoms. The highest BCUT2D eigenvalue weighted by molar-refractivity contribution is 5.90. The van der Waals surface area contributed by atoms with Crippen LogP contribution < -0.4 is 10.6 Å². The average molecular weight is 301 g/mol. The molecule has 5 nitrogen and oxygen atoms in total. The number of anilines is 1. The second kappa shape index (κ2) is 8.27. The van der Waals surface area contributed by atoms with Gasteiger partial charge in [0, 0.05) is 32.0 Å². The third kappa shape index (κ3) is 4.49. The van der Waals surface area contributed by atoms with Crippen molar-refractivity contribution in [2.75, 3.05) is 18.9 Å². The van der Waals surface area contributed by atoms with Gasteiger partial charge < -0.3 is 10.6 Å². The SMILES string of the molecule is CNCCC(=O)Nc1cc(C2CCCCC2)nn1C.Cl. The lowest BCUT2D eigenvalue weighted by atomic mass is 9.87. The van der Waals surface area contributed by atoms with E-state index in [4.69, 9.17) is 0 Å². The molecule has 114 valence electrons. The number of nitrogens with one attached hydrogen (secondary N) is 2. The first-order valence-corrected chi connectivity index (χ1v) is 7.19. The Morgan fingerprint density at radius 1 is 1.40 bits per heavy atom. The van der Waals surface area contributed by atoms with Crippen molar-refractivity contribution in [1.82, 2.24) is 15.1 Å². The number of aromatic nitrogens is 2. The fraction of sp³-hybridized carbons (Fsp3) is 0.714. The molecule has 0 aromatic carbocycles. The van der Waals surface area contributed by atoms with Crippen LogP contribution in [0.3, 0.4) is 0 Å². The molecule has 0 unspecified atom stereocenters. The summed E-state index contributed by atoms with van der Waals surface area (Å²) >= 11 is 0. The zero-order chi connectivity index (χ0) is 13.7. The summed E-state index contributed by atoms with van der Waals surface area (Å²) in [6.45, 7) is 0.694. The fourth-order valence-corrected chi connectivity index (χ4v) is 2.65. The molecule has 0 saturated heterocycles. The van der Waals surface area contributed by atoms with Crippen molar-refractivity contribution < 1.29 is 4.79 Å². The normalized spacial score (nSPS) is 15.7. The average Bonchev–Trinajstić information content (AvgIpc) is 2.79. The van der Waals surface area contributed by atoms with Crippen molar-refractivity contribution in [3.63, 3.8) is 0 Å². The Labute approximate surface area is 126 Å². The van der Waals surface area contributed by atoms with Gasteiger partial charge in [-0.3, -0.25) is 9.48 Å². The molecule has 1 heterocycles. The van der Waals surface area contributed by atoms with Gasteiger partial charge in [-0.25, -0.2) is 0 Å². The van der Waals surface area contributed by atoms with Gasteiger partial charge in [0.05, 0.1) is 5.69 Å². The van der Waals surface area contributed by atoms with Crippen LogP contribution in [0.2, 0.25) is 0 Å². The molecule has 0 bridgehead atoms. The van der Waals surface area contributed by atoms with Gasteiger partial charge >= 0.3 is 0 Å². The van der Waals surface area contributed by atoms with E-state index in [9.17, 15) is 4.79 Å². The number of halogens is 1. The number of nitrogens with zero attached hydrogens (tertiary/aromatic N) is 2. The summed E-state index contributed by atoms with van der Waals surface area (Å²) in [6, 6.07) is 2.03. The Hall–Kier alpha value is -1.07. The van der Waals surface area contributed by atoms with Crippen molar-refractivity contribution in [3.05, 3.63) is 11.8 Å². The topological polar surface area (TPSA) is 59.0 Å². The van der Waals surface area contributed by atoms with Crippen molar-refractivity contribution >= 4 is 24.1 Å². The first-order chi connectivity index (χ1) is 9.20. The van der Waals surface area contributed by atoms with Crippen molar-refractivity contribution in [1.29, 1.82) is 0 Å². The van der Waals surface area contributed by atoms with Gasteiger partial charge in [0.2, 0.25) is 5.91 Å². The van der Waals surface area contributed by atoms with Gasteiger partial charge in [-0.05, 0) is 19.9 Å². The van der Waals surface area contributed by atoms with Crippen molar-refractivity contribution in [3.8, 4) is 0 Å². The predicted molar refractivity (Wildman–Crippen MR) is 83.5 cm³/mol. The number of hydrogen-bond acceptors (Lipinski definition) is 3. The predicted octanol–water partition coefficient (Wildman–Crippen LogP) is 2.44. The van der Waals surface area contributed by atoms with E-state index in [1.54, 1.807) is 4.68 Å². The maximum atomic E-state index is 11.7. The van der Waals surface area contributed by atoms with Gasteiger partial charge in [0.25, 0.3) is 0 Å². The molecule has 0 spiro atoms. The van der Waals surface area contributed by atoms with E-state index in [0.717, 1.165) is 11.5 Å². The molecule has 0 atom stereocenters. The minimum atomic E-state index is 0. The van der Waals surface area contributed by atoms with Gasteiger partial charge in [-0.2, -0.15) is 5.10 Å². The lowest BCUT2D eigenvalue weighted by molar-refractivity contribution is -0.116. The molecule has 2 N–H and O–H groups in total. The molecule has 20 heavy (non-hydrogen) atoms. The number of amides is 1. The van der Waals surface area contributed by atoms with Crippen LogP contribution >= 0.6 is 12.4 Å². The van der Waals surface area contributed by atoms with Gasteiger partial charge in [-0.1, -0.05) is 19.3 Å². The van der Waals surface area contributed by atoms with E-state index in [1.165, 1.54) is 32.1 Å². The summed E-state index contributed by atoms with van der Waals surface area (Å²) in [5.74, 6) is 1.41. The van der Waals surface area contributed by atoms with Crippen LogP contribution in [0.1, 0.15) is 50.1 Å². The monoisotopic (exact) mass is 300 g/mol. The summed E-state index contributed by atoms with van der Waals surface area (Å²) in [5, 5.41) is 10.5. The van der Waals surface area contributed by atoms with Gasteiger partial charge in [0.15, 0.2) is 0 Å². The van der Waals surface area contributed by atoms with E-state index < -0.39 is 0 Å². The number of hydrogen-bond donors (Lipinski definition) is 2. The molecular formula is C14H25ClN4O. The molecule has 1 aromatic heterocycles. The summed E-state index contributed by atoms with van der Waals surface area (Å²) in [5.41, 5.74) is 1.13. The standard InChI is InChI=1S/C14H24N4O.ClH/c1-15-9-8-14(19)16-13-10-12(17-18(13)2)11-6-4-3-5-7-11;/h10-11,15H,3-9H2,1-2H3,(H,16,19);1H. The molecule has 1 fully saturated rings. The minimum Gasteiger partial charge on any atom is -0.319 e. The Kier molecular flexibility index (Phi) is 7.02. The van der Waals surface area contributed by atoms with Gasteiger partial charge in [0.1, 0.15) is 5.82 Å². The third-order valence-electron chi connectivity index (χ3n) is 3.79. The Morgan fingerprint density at radius 2 is 2.10 bits per heavy atom. The smallest absolute Gasteiger partial charge is 0.226 e. The zero-order valence-corrected chi connectivity index (χ0v) is 13.1. The molecule has 1 aliphatic rings. The van der Waals surface area contributed by atoms with E-state index >= 15 is 0 Å². The van der Waals surface area contributed by atoms with Crippen LogP contribution in [0, 0.1) is 0 Å². The highest BCUT2D eigenvalue weighted by Crippen LogP contribution is 2.32. The van der Waals surface area contributed by atoms with Crippen LogP contribution in [-0.4, -0.2) is 29.3 Å². The quantitative estimate of drug-likeness (QED) is 0.878. The number of carbonyl (C=O) groups excluding carboxylic acids is 1. The van der Waals surface area contributed by atoms with Crippen LogP contribution in [0.5, 0.6) is 0 Å². The van der Waals surface area contributed by atoms with E-state index in [0.29, 0.717) is 18.9 Å². The number of carbonyl (C=O) groups is 1. The minimum absolute atomic E-state index is 0. The molecule has 2 rings (SSSR count). The zero-order valence-electron chi connectivity index (χ0n) is 12.3. The Balaban J connectivity index is 0.00000200. The second-order valence-corrected chi connectivity index (χ2v) is 5.31. The largest absolute Gasteiger partial charge is 0.319 e. The van der Waals surface area contributed by atoms with E-state index in [1.807, 2.05) is 20.2 Å². The van der Waals surface area contributed by atoms with Crippen LogP contribution in [0.25, 0.3) is 0 Å². The molecule has 1 amide bonds. The van der Waals surface area contributed by atoms with Crippen molar-refractivity contribution in [2.45, 2.75) is 44.4 Å². The third-order valence-corrected chi connectivity index (χ3v) is 3.79. The maximum Gasteiger partial charge on any atom is 0.226 e. The molecule has 0 aliphatic heterocycles. The molecular weight excluding hydrogens is 276 g/mol. The Morgan fingerprint density at radius 3 is 2.75 bits per heavy atom. The summed E-state index contributed by atoms with van der Waals surface area (Å²) in [4.78, 5) is 11.7. The number of rotatable bonds is 5. The van der Waals surface area contributed by atoms with Gasteiger partial charge in [-0.15, -0.1) is 12.4 Å². The highest BCUT2D eigenvalue weighted by atomic mass is 35.5. The first kappa shape index (κ1) is 17.0. The Bertz CT molecular complexity index is 427. The summed E-state index contributed by atoms with van der Waals surface area (Å²) < 4.78 is 1.78. The summed E-state index contributed by atoms with van der Waals surface area (Å²) in [6.07, 6.45) is 6.88. The van der Waals surface area contributed by atoms with E-state index in [2.05, 4.69) is 15.7 Å². The van der Waals surface area contributed by atoms with Crippen LogP contribution in [0.15, 0.2) is 6.07 Å². The highest BCUT2D eigenvalue weighted by Gasteiger charge is 2.19. The summed E-state index contributed by atoms with van der Waals surface area (Å²) in [7, 11) is 3.73. The van der Waals surface area contributed by atoms with Crippen LogP contribution in [-0.2, 0) is 11.8 Å². The molecule has 1 aromatic rings. The molecule has 1 aliphatic carbocycles. The molecule has 0 radical (unpaired) electrons. The lowest BCUT2D eigenvalue weighted by Gasteiger charge is -2.19. The van der Waals surface area contributed by atoms with Crippen molar-refractivity contribution in [2.24, 2.45) is 7.05 Å². The second-order valence-electron chi connectivity index (χ2n) is 5.31. The van der Waals surface area contributed by atoms with Crippen LogP contribution in [0.4, 0.5) is 5.82 Å².